The number of thiophene rings is 1. The van der Waals surface area contributed by atoms with Crippen molar-refractivity contribution in [1.82, 2.24) is 0 Å². The summed E-state index contributed by atoms with van der Waals surface area (Å²) < 4.78 is 1.10. The molecule has 0 atom stereocenters. The maximum Gasteiger partial charge on any atom is 0.248 e. The van der Waals surface area contributed by atoms with E-state index in [9.17, 15) is 0 Å². The molecule has 1 nitrogen and oxygen atoms in total. The second-order valence-corrected chi connectivity index (χ2v) is 4.07. The van der Waals surface area contributed by atoms with Crippen LogP contribution in [0.25, 0.3) is 4.85 Å². The van der Waals surface area contributed by atoms with Gasteiger partial charge < -0.3 is 4.85 Å². The monoisotopic (exact) mass is 201 g/mol. The second kappa shape index (κ2) is 3.00. The average molecular weight is 202 g/mol. The number of halogens is 1. The van der Waals surface area contributed by atoms with Gasteiger partial charge in [-0.25, -0.2) is 6.57 Å². The van der Waals surface area contributed by atoms with Gasteiger partial charge in [0.05, 0.1) is 8.66 Å². The summed E-state index contributed by atoms with van der Waals surface area (Å²) in [6, 6.07) is 3.93. The quantitative estimate of drug-likeness (QED) is 0.616. The lowest BCUT2D eigenvalue weighted by atomic mass is 10.5. The van der Waals surface area contributed by atoms with Crippen LogP contribution in [0.15, 0.2) is 15.9 Å². The van der Waals surface area contributed by atoms with Crippen molar-refractivity contribution in [2.24, 2.45) is 0 Å². The van der Waals surface area contributed by atoms with Gasteiger partial charge in [-0.2, -0.15) is 0 Å². The summed E-state index contributed by atoms with van der Waals surface area (Å²) in [5.74, 6) is 0. The predicted molar refractivity (Wildman–Crippen MR) is 42.3 cm³/mol. The molecule has 0 fully saturated rings. The zero-order chi connectivity index (χ0) is 6.69. The summed E-state index contributed by atoms with van der Waals surface area (Å²) in [6.07, 6.45) is 0. The first-order chi connectivity index (χ1) is 4.33. The molecule has 0 saturated carbocycles. The Bertz CT molecular complexity index is 235. The van der Waals surface area contributed by atoms with Crippen molar-refractivity contribution in [2.45, 2.75) is 6.54 Å². The van der Waals surface area contributed by atoms with Gasteiger partial charge in [-0.3, -0.25) is 0 Å². The Morgan fingerprint density at radius 2 is 2.44 bits per heavy atom. The van der Waals surface area contributed by atoms with Gasteiger partial charge in [0.1, 0.15) is 0 Å². The lowest BCUT2D eigenvalue weighted by Crippen LogP contribution is -1.63. The van der Waals surface area contributed by atoms with E-state index in [0.29, 0.717) is 6.54 Å². The molecule has 1 heterocycles. The lowest BCUT2D eigenvalue weighted by molar-refractivity contribution is 1.34. The van der Waals surface area contributed by atoms with E-state index in [0.717, 1.165) is 8.66 Å². The Labute approximate surface area is 66.3 Å². The Morgan fingerprint density at radius 3 is 2.89 bits per heavy atom. The van der Waals surface area contributed by atoms with Crippen molar-refractivity contribution in [3.05, 3.63) is 32.2 Å². The summed E-state index contributed by atoms with van der Waals surface area (Å²) in [4.78, 5) is 4.38. The fourth-order valence-electron chi connectivity index (χ4n) is 0.515. The van der Waals surface area contributed by atoms with E-state index in [4.69, 9.17) is 6.57 Å². The molecular weight excluding hydrogens is 198 g/mol. The highest BCUT2D eigenvalue weighted by Crippen LogP contribution is 2.22. The highest BCUT2D eigenvalue weighted by Gasteiger charge is 1.96. The van der Waals surface area contributed by atoms with Gasteiger partial charge in [-0.15, -0.1) is 11.3 Å². The van der Waals surface area contributed by atoms with Gasteiger partial charge in [0.25, 0.3) is 0 Å². The fourth-order valence-corrected chi connectivity index (χ4v) is 1.92. The molecule has 0 unspecified atom stereocenters. The predicted octanol–water partition coefficient (Wildman–Crippen LogP) is 2.93. The fraction of sp³-hybridized carbons (Fsp3) is 0.167. The third kappa shape index (κ3) is 1.81. The highest BCUT2D eigenvalue weighted by molar-refractivity contribution is 9.11. The molecule has 0 radical (unpaired) electrons. The van der Waals surface area contributed by atoms with Crippen LogP contribution in [0.4, 0.5) is 0 Å². The van der Waals surface area contributed by atoms with E-state index >= 15 is 0 Å². The normalized spacial score (nSPS) is 8.89. The SMILES string of the molecule is [C-]#[N+]Cc1ccc(Br)s1. The maximum atomic E-state index is 6.57. The maximum absolute atomic E-state index is 6.57. The zero-order valence-corrected chi connectivity index (χ0v) is 7.00. The van der Waals surface area contributed by atoms with Crippen molar-refractivity contribution >= 4 is 27.3 Å². The van der Waals surface area contributed by atoms with Crippen LogP contribution >= 0.6 is 27.3 Å². The minimum atomic E-state index is 0.510. The molecule has 0 aliphatic rings. The Balaban J connectivity index is 2.76. The van der Waals surface area contributed by atoms with Gasteiger partial charge in [0, 0.05) is 0 Å². The van der Waals surface area contributed by atoms with Crippen LogP contribution in [-0.2, 0) is 6.54 Å². The van der Waals surface area contributed by atoms with Crippen LogP contribution in [0.5, 0.6) is 0 Å². The summed E-state index contributed by atoms with van der Waals surface area (Å²) in [5.41, 5.74) is 0. The molecule has 0 bridgehead atoms. The van der Waals surface area contributed by atoms with Crippen molar-refractivity contribution in [2.75, 3.05) is 0 Å². The van der Waals surface area contributed by atoms with Crippen LogP contribution in [0.1, 0.15) is 4.88 Å². The van der Waals surface area contributed by atoms with Crippen molar-refractivity contribution in [1.29, 1.82) is 0 Å². The molecular formula is C6H4BrNS. The van der Waals surface area contributed by atoms with Crippen molar-refractivity contribution in [3.8, 4) is 0 Å². The number of hydrogen-bond donors (Lipinski definition) is 0. The molecule has 1 aromatic rings. The molecule has 0 spiro atoms. The average Bonchev–Trinajstić information content (AvgIpc) is 2.17. The van der Waals surface area contributed by atoms with Gasteiger partial charge in [0.2, 0.25) is 6.54 Å². The summed E-state index contributed by atoms with van der Waals surface area (Å²) in [6.45, 7) is 7.08. The van der Waals surface area contributed by atoms with Crippen LogP contribution in [0.2, 0.25) is 0 Å². The molecule has 1 aromatic heterocycles. The number of nitrogens with zero attached hydrogens (tertiary/aromatic N) is 1. The van der Waals surface area contributed by atoms with E-state index in [-0.39, 0.29) is 0 Å². The van der Waals surface area contributed by atoms with Crippen molar-refractivity contribution in [3.63, 3.8) is 0 Å². The molecule has 3 heteroatoms. The molecule has 46 valence electrons. The summed E-state index contributed by atoms with van der Waals surface area (Å²) in [5, 5.41) is 0. The smallest absolute Gasteiger partial charge is 0.248 e. The highest BCUT2D eigenvalue weighted by atomic mass is 79.9. The van der Waals surface area contributed by atoms with E-state index in [1.54, 1.807) is 11.3 Å². The Kier molecular flexibility index (Phi) is 2.26. The third-order valence-electron chi connectivity index (χ3n) is 0.864. The van der Waals surface area contributed by atoms with Crippen LogP contribution in [0, 0.1) is 6.57 Å². The van der Waals surface area contributed by atoms with E-state index in [1.807, 2.05) is 12.1 Å². The van der Waals surface area contributed by atoms with Gasteiger partial charge in [0.15, 0.2) is 0 Å². The molecule has 0 aliphatic heterocycles. The summed E-state index contributed by atoms with van der Waals surface area (Å²) in [7, 11) is 0. The van der Waals surface area contributed by atoms with Crippen molar-refractivity contribution < 1.29 is 0 Å². The standard InChI is InChI=1S/C6H4BrNS/c1-8-4-5-2-3-6(7)9-5/h2-3H,4H2. The Morgan fingerprint density at radius 1 is 1.67 bits per heavy atom. The summed E-state index contributed by atoms with van der Waals surface area (Å²) >= 11 is 4.93. The van der Waals surface area contributed by atoms with Crippen LogP contribution in [-0.4, -0.2) is 0 Å². The minimum absolute atomic E-state index is 0.510. The Hall–Kier alpha value is -0.330. The van der Waals surface area contributed by atoms with Gasteiger partial charge >= 0.3 is 0 Å². The van der Waals surface area contributed by atoms with E-state index in [2.05, 4.69) is 20.8 Å². The largest absolute Gasteiger partial charge is 0.311 e. The first kappa shape index (κ1) is 6.79. The van der Waals surface area contributed by atoms with Crippen LogP contribution in [0.3, 0.4) is 0 Å². The third-order valence-corrected chi connectivity index (χ3v) is 2.47. The molecule has 0 aromatic carbocycles. The first-order valence-corrected chi connectivity index (χ1v) is 4.01. The van der Waals surface area contributed by atoms with E-state index < -0.39 is 0 Å². The van der Waals surface area contributed by atoms with Gasteiger partial charge in [-0.1, -0.05) is 0 Å². The number of hydrogen-bond acceptors (Lipinski definition) is 1. The second-order valence-electron chi connectivity index (χ2n) is 1.52. The minimum Gasteiger partial charge on any atom is -0.311 e. The first-order valence-electron chi connectivity index (χ1n) is 2.40. The zero-order valence-electron chi connectivity index (χ0n) is 4.60. The van der Waals surface area contributed by atoms with Crippen LogP contribution < -0.4 is 0 Å². The van der Waals surface area contributed by atoms with Gasteiger partial charge in [-0.05, 0) is 28.1 Å². The molecule has 0 N–H and O–H groups in total. The molecule has 9 heavy (non-hydrogen) atoms. The molecule has 0 amide bonds. The molecule has 1 rings (SSSR count). The lowest BCUT2D eigenvalue weighted by Gasteiger charge is -1.75. The van der Waals surface area contributed by atoms with E-state index in [1.165, 1.54) is 0 Å². The molecule has 0 saturated heterocycles. The topological polar surface area (TPSA) is 4.36 Å². The molecule has 0 aliphatic carbocycles. The number of rotatable bonds is 1.